The van der Waals surface area contributed by atoms with Gasteiger partial charge in [0, 0.05) is 24.9 Å². The van der Waals surface area contributed by atoms with Crippen LogP contribution >= 0.6 is 0 Å². The minimum absolute atomic E-state index is 0.0400. The first kappa shape index (κ1) is 18.8. The van der Waals surface area contributed by atoms with Gasteiger partial charge in [-0.05, 0) is 30.2 Å². The number of methoxy groups -OCH3 is 1. The topological polar surface area (TPSA) is 42.7 Å². The van der Waals surface area contributed by atoms with Crippen molar-refractivity contribution in [1.29, 1.82) is 0 Å². The summed E-state index contributed by atoms with van der Waals surface area (Å²) in [4.78, 5) is 14.0. The molecule has 140 valence electrons. The van der Waals surface area contributed by atoms with Gasteiger partial charge in [0.1, 0.15) is 11.5 Å². The van der Waals surface area contributed by atoms with Gasteiger partial charge in [0.25, 0.3) is 0 Å². The minimum atomic E-state index is 0.0400. The van der Waals surface area contributed by atoms with Gasteiger partial charge in [-0.2, -0.15) is 0 Å². The van der Waals surface area contributed by atoms with E-state index in [1.54, 1.807) is 20.3 Å². The van der Waals surface area contributed by atoms with Crippen molar-refractivity contribution < 1.29 is 13.9 Å². The first-order valence-electron chi connectivity index (χ1n) is 9.14. The fourth-order valence-electron chi connectivity index (χ4n) is 3.36. The minimum Gasteiger partial charge on any atom is -0.496 e. The van der Waals surface area contributed by atoms with E-state index >= 15 is 0 Å². The number of nitrogens with zero attached hydrogens (tertiary/aromatic N) is 1. The molecule has 0 N–H and O–H groups in total. The average molecular weight is 363 g/mol. The Labute approximate surface area is 160 Å². The Bertz CT molecular complexity index is 843. The van der Waals surface area contributed by atoms with Crippen LogP contribution in [0.5, 0.6) is 5.75 Å². The monoisotopic (exact) mass is 363 g/mol. The molecule has 0 unspecified atom stereocenters. The number of amides is 1. The molecule has 3 aromatic rings. The smallest absolute Gasteiger partial charge is 0.219 e. The first-order valence-corrected chi connectivity index (χ1v) is 9.14. The van der Waals surface area contributed by atoms with E-state index in [0.717, 1.165) is 23.5 Å². The summed E-state index contributed by atoms with van der Waals surface area (Å²) in [5, 5.41) is 0. The van der Waals surface area contributed by atoms with Crippen LogP contribution in [0.3, 0.4) is 0 Å². The molecular formula is C23H25NO3. The Balaban J connectivity index is 1.84. The largest absolute Gasteiger partial charge is 0.496 e. The predicted molar refractivity (Wildman–Crippen MR) is 106 cm³/mol. The van der Waals surface area contributed by atoms with Gasteiger partial charge < -0.3 is 14.1 Å². The van der Waals surface area contributed by atoms with Crippen molar-refractivity contribution in [2.75, 3.05) is 13.7 Å². The molecule has 0 spiro atoms. The molecule has 1 heterocycles. The third-order valence-corrected chi connectivity index (χ3v) is 4.78. The molecule has 1 atom stereocenters. The molecule has 0 aliphatic heterocycles. The summed E-state index contributed by atoms with van der Waals surface area (Å²) in [5.41, 5.74) is 2.34. The Morgan fingerprint density at radius 2 is 1.78 bits per heavy atom. The van der Waals surface area contributed by atoms with Gasteiger partial charge in [-0.15, -0.1) is 0 Å². The molecule has 0 saturated carbocycles. The van der Waals surface area contributed by atoms with Crippen LogP contribution in [0.25, 0.3) is 0 Å². The van der Waals surface area contributed by atoms with Crippen molar-refractivity contribution in [2.24, 2.45) is 0 Å². The van der Waals surface area contributed by atoms with E-state index in [-0.39, 0.29) is 11.8 Å². The van der Waals surface area contributed by atoms with Gasteiger partial charge in [-0.3, -0.25) is 4.79 Å². The lowest BCUT2D eigenvalue weighted by atomic mass is 9.87. The second kappa shape index (κ2) is 9.08. The van der Waals surface area contributed by atoms with E-state index in [1.807, 2.05) is 53.4 Å². The lowest BCUT2D eigenvalue weighted by molar-refractivity contribution is -0.129. The molecule has 0 radical (unpaired) electrons. The van der Waals surface area contributed by atoms with E-state index in [0.29, 0.717) is 13.1 Å². The van der Waals surface area contributed by atoms with Crippen molar-refractivity contribution in [2.45, 2.75) is 25.8 Å². The molecule has 0 fully saturated rings. The van der Waals surface area contributed by atoms with Crippen LogP contribution in [0, 0.1) is 0 Å². The van der Waals surface area contributed by atoms with Crippen molar-refractivity contribution >= 4 is 5.91 Å². The van der Waals surface area contributed by atoms with Gasteiger partial charge in [-0.25, -0.2) is 0 Å². The Morgan fingerprint density at radius 1 is 1.04 bits per heavy atom. The zero-order valence-electron chi connectivity index (χ0n) is 15.8. The number of furan rings is 1. The molecule has 1 aromatic heterocycles. The van der Waals surface area contributed by atoms with Gasteiger partial charge >= 0.3 is 0 Å². The molecule has 4 nitrogen and oxygen atoms in total. The van der Waals surface area contributed by atoms with E-state index in [9.17, 15) is 4.79 Å². The van der Waals surface area contributed by atoms with Crippen molar-refractivity contribution in [3.8, 4) is 5.75 Å². The summed E-state index contributed by atoms with van der Waals surface area (Å²) in [5.74, 6) is 1.84. The van der Waals surface area contributed by atoms with E-state index in [1.165, 1.54) is 5.56 Å². The maximum Gasteiger partial charge on any atom is 0.219 e. The summed E-state index contributed by atoms with van der Waals surface area (Å²) in [6, 6.07) is 22.2. The molecule has 0 bridgehead atoms. The maximum absolute atomic E-state index is 12.1. The van der Waals surface area contributed by atoms with Crippen LogP contribution in [0.15, 0.2) is 77.4 Å². The molecule has 0 aliphatic carbocycles. The molecule has 3 rings (SSSR count). The Kier molecular flexibility index (Phi) is 6.31. The standard InChI is InChI=1S/C23H25NO3/c1-18(25)24(17-20-11-8-16-27-20)15-14-21(19-9-4-3-5-10-19)22-12-6-7-13-23(22)26-2/h3-13,16,21H,14-15,17H2,1-2H3/t21-/m1/s1. The van der Waals surface area contributed by atoms with Crippen LogP contribution < -0.4 is 4.74 Å². The van der Waals surface area contributed by atoms with Gasteiger partial charge in [0.2, 0.25) is 5.91 Å². The number of hydrogen-bond donors (Lipinski definition) is 0. The van der Waals surface area contributed by atoms with Crippen molar-refractivity contribution in [3.63, 3.8) is 0 Å². The maximum atomic E-state index is 12.1. The number of hydrogen-bond acceptors (Lipinski definition) is 3. The third kappa shape index (κ3) is 4.79. The van der Waals surface area contributed by atoms with Gasteiger partial charge in [-0.1, -0.05) is 48.5 Å². The van der Waals surface area contributed by atoms with E-state index in [2.05, 4.69) is 18.2 Å². The normalized spacial score (nSPS) is 11.8. The lowest BCUT2D eigenvalue weighted by Gasteiger charge is -2.25. The first-order chi connectivity index (χ1) is 13.2. The highest BCUT2D eigenvalue weighted by Crippen LogP contribution is 2.34. The number of carbonyl (C=O) groups is 1. The second-order valence-corrected chi connectivity index (χ2v) is 6.51. The van der Waals surface area contributed by atoms with Crippen molar-refractivity contribution in [1.82, 2.24) is 4.90 Å². The van der Waals surface area contributed by atoms with Crippen LogP contribution in [-0.2, 0) is 11.3 Å². The number of para-hydroxylation sites is 1. The summed E-state index contributed by atoms with van der Waals surface area (Å²) < 4.78 is 11.0. The van der Waals surface area contributed by atoms with Crippen LogP contribution in [0.2, 0.25) is 0 Å². The number of carbonyl (C=O) groups excluding carboxylic acids is 1. The van der Waals surface area contributed by atoms with Crippen LogP contribution in [0.4, 0.5) is 0 Å². The molecule has 0 aliphatic rings. The molecule has 0 saturated heterocycles. The Hall–Kier alpha value is -3.01. The van der Waals surface area contributed by atoms with Gasteiger partial charge in [0.05, 0.1) is 19.9 Å². The molecule has 2 aromatic carbocycles. The number of rotatable bonds is 8. The number of benzene rings is 2. The summed E-state index contributed by atoms with van der Waals surface area (Å²) in [6.45, 7) is 2.72. The highest BCUT2D eigenvalue weighted by Gasteiger charge is 2.20. The fourth-order valence-corrected chi connectivity index (χ4v) is 3.36. The predicted octanol–water partition coefficient (Wildman–Crippen LogP) is 4.86. The highest BCUT2D eigenvalue weighted by atomic mass is 16.5. The fraction of sp³-hybridized carbons (Fsp3) is 0.261. The third-order valence-electron chi connectivity index (χ3n) is 4.78. The van der Waals surface area contributed by atoms with Crippen LogP contribution in [0.1, 0.15) is 36.1 Å². The number of ether oxygens (including phenoxy) is 1. The highest BCUT2D eigenvalue weighted by molar-refractivity contribution is 5.73. The average Bonchev–Trinajstić information content (AvgIpc) is 3.21. The molecule has 4 heteroatoms. The quantitative estimate of drug-likeness (QED) is 0.574. The summed E-state index contributed by atoms with van der Waals surface area (Å²) >= 11 is 0. The Morgan fingerprint density at radius 3 is 2.44 bits per heavy atom. The molecule has 1 amide bonds. The van der Waals surface area contributed by atoms with E-state index in [4.69, 9.17) is 9.15 Å². The molecular weight excluding hydrogens is 338 g/mol. The van der Waals surface area contributed by atoms with Crippen LogP contribution in [-0.4, -0.2) is 24.5 Å². The molecule has 27 heavy (non-hydrogen) atoms. The lowest BCUT2D eigenvalue weighted by Crippen LogP contribution is -2.30. The SMILES string of the molecule is COc1ccccc1[C@H](CCN(Cc1ccco1)C(C)=O)c1ccccc1. The summed E-state index contributed by atoms with van der Waals surface area (Å²) in [7, 11) is 1.69. The van der Waals surface area contributed by atoms with Crippen molar-refractivity contribution in [3.05, 3.63) is 89.9 Å². The zero-order chi connectivity index (χ0) is 19.1. The second-order valence-electron chi connectivity index (χ2n) is 6.51. The van der Waals surface area contributed by atoms with Gasteiger partial charge in [0.15, 0.2) is 0 Å². The summed E-state index contributed by atoms with van der Waals surface area (Å²) in [6.07, 6.45) is 2.43. The van der Waals surface area contributed by atoms with E-state index < -0.39 is 0 Å². The zero-order valence-corrected chi connectivity index (χ0v) is 15.8.